The zero-order chi connectivity index (χ0) is 13.3. The van der Waals surface area contributed by atoms with Gasteiger partial charge in [-0.3, -0.25) is 4.68 Å². The lowest BCUT2D eigenvalue weighted by atomic mass is 10.1. The number of likely N-dealkylation sites (tertiary alicyclic amines) is 1. The highest BCUT2D eigenvalue weighted by Crippen LogP contribution is 2.17. The van der Waals surface area contributed by atoms with Crippen LogP contribution in [0.25, 0.3) is 0 Å². The van der Waals surface area contributed by atoms with Gasteiger partial charge in [0.25, 0.3) is 0 Å². The number of rotatable bonds is 1. The van der Waals surface area contributed by atoms with Crippen LogP contribution in [0.1, 0.15) is 27.2 Å². The molecular formula is C12H20N4O2. The fourth-order valence-electron chi connectivity index (χ4n) is 1.88. The summed E-state index contributed by atoms with van der Waals surface area (Å²) in [6.45, 7) is 7.13. The van der Waals surface area contributed by atoms with Crippen molar-refractivity contribution in [1.82, 2.24) is 14.7 Å². The van der Waals surface area contributed by atoms with Gasteiger partial charge in [0.15, 0.2) is 0 Å². The third kappa shape index (κ3) is 2.81. The average Bonchev–Trinajstić information content (AvgIpc) is 2.85. The van der Waals surface area contributed by atoms with Crippen molar-refractivity contribution in [3.8, 4) is 0 Å². The van der Waals surface area contributed by atoms with Crippen LogP contribution in [0.3, 0.4) is 0 Å². The SMILES string of the molecule is CC(C)(C)n1cc(NC(=O)N2CC[C@H](O)C2)cn1. The molecule has 0 aromatic carbocycles. The van der Waals surface area contributed by atoms with E-state index in [9.17, 15) is 9.90 Å². The number of β-amino-alcohol motifs (C(OH)–C–C–N with tert-alkyl or cyclic N) is 1. The van der Waals surface area contributed by atoms with E-state index in [-0.39, 0.29) is 11.6 Å². The van der Waals surface area contributed by atoms with Crippen LogP contribution in [-0.4, -0.2) is 45.0 Å². The molecule has 2 amide bonds. The molecule has 1 aliphatic rings. The third-order valence-corrected chi connectivity index (χ3v) is 2.97. The lowest BCUT2D eigenvalue weighted by molar-refractivity contribution is 0.176. The Kier molecular flexibility index (Phi) is 3.30. The Morgan fingerprint density at radius 3 is 2.78 bits per heavy atom. The quantitative estimate of drug-likeness (QED) is 0.790. The molecule has 100 valence electrons. The highest BCUT2D eigenvalue weighted by atomic mass is 16.3. The second-order valence-electron chi connectivity index (χ2n) is 5.66. The molecule has 0 aliphatic carbocycles. The van der Waals surface area contributed by atoms with Gasteiger partial charge < -0.3 is 15.3 Å². The van der Waals surface area contributed by atoms with E-state index in [1.807, 2.05) is 27.0 Å². The van der Waals surface area contributed by atoms with Crippen LogP contribution >= 0.6 is 0 Å². The van der Waals surface area contributed by atoms with Gasteiger partial charge in [-0.15, -0.1) is 0 Å². The monoisotopic (exact) mass is 252 g/mol. The summed E-state index contributed by atoms with van der Waals surface area (Å²) in [5.74, 6) is 0. The van der Waals surface area contributed by atoms with Crippen LogP contribution in [0.15, 0.2) is 12.4 Å². The van der Waals surface area contributed by atoms with Crippen LogP contribution in [-0.2, 0) is 5.54 Å². The number of anilines is 1. The van der Waals surface area contributed by atoms with Gasteiger partial charge in [-0.2, -0.15) is 5.10 Å². The maximum atomic E-state index is 11.9. The zero-order valence-electron chi connectivity index (χ0n) is 11.1. The normalized spacial score (nSPS) is 20.2. The first-order valence-corrected chi connectivity index (χ1v) is 6.15. The van der Waals surface area contributed by atoms with Gasteiger partial charge in [-0.25, -0.2) is 4.79 Å². The van der Waals surface area contributed by atoms with E-state index in [4.69, 9.17) is 0 Å². The van der Waals surface area contributed by atoms with Crippen molar-refractivity contribution < 1.29 is 9.90 Å². The molecular weight excluding hydrogens is 232 g/mol. The second kappa shape index (κ2) is 4.61. The number of nitrogens with zero attached hydrogens (tertiary/aromatic N) is 3. The van der Waals surface area contributed by atoms with Crippen molar-refractivity contribution in [3.63, 3.8) is 0 Å². The number of nitrogens with one attached hydrogen (secondary N) is 1. The van der Waals surface area contributed by atoms with E-state index in [0.717, 1.165) is 0 Å². The largest absolute Gasteiger partial charge is 0.391 e. The molecule has 18 heavy (non-hydrogen) atoms. The van der Waals surface area contributed by atoms with Crippen LogP contribution < -0.4 is 5.32 Å². The maximum Gasteiger partial charge on any atom is 0.322 e. The number of urea groups is 1. The number of hydrogen-bond acceptors (Lipinski definition) is 3. The Labute approximate surface area is 107 Å². The molecule has 1 aromatic heterocycles. The Morgan fingerprint density at radius 2 is 2.28 bits per heavy atom. The first kappa shape index (κ1) is 12.9. The molecule has 0 unspecified atom stereocenters. The fourth-order valence-corrected chi connectivity index (χ4v) is 1.88. The molecule has 1 aliphatic heterocycles. The van der Waals surface area contributed by atoms with E-state index in [2.05, 4.69) is 10.4 Å². The van der Waals surface area contributed by atoms with E-state index in [1.54, 1.807) is 15.8 Å². The first-order chi connectivity index (χ1) is 8.36. The third-order valence-electron chi connectivity index (χ3n) is 2.97. The molecule has 0 radical (unpaired) electrons. The molecule has 1 saturated heterocycles. The predicted molar refractivity (Wildman–Crippen MR) is 68.4 cm³/mol. The minimum Gasteiger partial charge on any atom is -0.391 e. The fraction of sp³-hybridized carbons (Fsp3) is 0.667. The lowest BCUT2D eigenvalue weighted by Crippen LogP contribution is -2.33. The van der Waals surface area contributed by atoms with Gasteiger partial charge in [0.1, 0.15) is 0 Å². The summed E-state index contributed by atoms with van der Waals surface area (Å²) in [4.78, 5) is 13.5. The molecule has 2 N–H and O–H groups in total. The highest BCUT2D eigenvalue weighted by molar-refractivity contribution is 5.89. The van der Waals surface area contributed by atoms with Crippen LogP contribution in [0.4, 0.5) is 10.5 Å². The van der Waals surface area contributed by atoms with Crippen LogP contribution in [0, 0.1) is 0 Å². The van der Waals surface area contributed by atoms with E-state index in [1.165, 1.54) is 0 Å². The topological polar surface area (TPSA) is 70.4 Å². The van der Waals surface area contributed by atoms with Gasteiger partial charge in [0, 0.05) is 19.3 Å². The second-order valence-corrected chi connectivity index (χ2v) is 5.66. The van der Waals surface area contributed by atoms with Crippen molar-refractivity contribution >= 4 is 11.7 Å². The number of amides is 2. The smallest absolute Gasteiger partial charge is 0.322 e. The molecule has 0 spiro atoms. The Bertz CT molecular complexity index is 436. The lowest BCUT2D eigenvalue weighted by Gasteiger charge is -2.19. The summed E-state index contributed by atoms with van der Waals surface area (Å²) in [5, 5.41) is 16.4. The number of carbonyl (C=O) groups is 1. The number of aliphatic hydroxyl groups is 1. The van der Waals surface area contributed by atoms with Gasteiger partial charge in [0.05, 0.1) is 23.5 Å². The number of hydrogen-bond donors (Lipinski definition) is 2. The summed E-state index contributed by atoms with van der Waals surface area (Å²) in [7, 11) is 0. The summed E-state index contributed by atoms with van der Waals surface area (Å²) >= 11 is 0. The molecule has 2 heterocycles. The van der Waals surface area contributed by atoms with Gasteiger partial charge >= 0.3 is 6.03 Å². The predicted octanol–water partition coefficient (Wildman–Crippen LogP) is 1.24. The van der Waals surface area contributed by atoms with E-state index in [0.29, 0.717) is 25.2 Å². The molecule has 6 nitrogen and oxygen atoms in total. The molecule has 6 heteroatoms. The number of carbonyl (C=O) groups excluding carboxylic acids is 1. The Balaban J connectivity index is 1.97. The molecule has 0 saturated carbocycles. The van der Waals surface area contributed by atoms with Gasteiger partial charge in [-0.1, -0.05) is 0 Å². The molecule has 1 aromatic rings. The Morgan fingerprint density at radius 1 is 1.56 bits per heavy atom. The van der Waals surface area contributed by atoms with Crippen molar-refractivity contribution in [2.24, 2.45) is 0 Å². The molecule has 0 bridgehead atoms. The van der Waals surface area contributed by atoms with Crippen molar-refractivity contribution in [2.45, 2.75) is 38.8 Å². The standard InChI is InChI=1S/C12H20N4O2/c1-12(2,3)16-7-9(6-13-16)14-11(18)15-5-4-10(17)8-15/h6-7,10,17H,4-5,8H2,1-3H3,(H,14,18)/t10-/m0/s1. The molecule has 1 fully saturated rings. The first-order valence-electron chi connectivity index (χ1n) is 6.15. The summed E-state index contributed by atoms with van der Waals surface area (Å²) < 4.78 is 1.81. The summed E-state index contributed by atoms with van der Waals surface area (Å²) in [6.07, 6.45) is 3.70. The van der Waals surface area contributed by atoms with Crippen molar-refractivity contribution in [2.75, 3.05) is 18.4 Å². The summed E-state index contributed by atoms with van der Waals surface area (Å²) in [6, 6.07) is -0.181. The Hall–Kier alpha value is -1.56. The summed E-state index contributed by atoms with van der Waals surface area (Å²) in [5.41, 5.74) is 0.573. The van der Waals surface area contributed by atoms with Crippen molar-refractivity contribution in [1.29, 1.82) is 0 Å². The van der Waals surface area contributed by atoms with E-state index >= 15 is 0 Å². The number of aromatic nitrogens is 2. The van der Waals surface area contributed by atoms with Crippen LogP contribution in [0.5, 0.6) is 0 Å². The minimum atomic E-state index is -0.395. The highest BCUT2D eigenvalue weighted by Gasteiger charge is 2.25. The van der Waals surface area contributed by atoms with Crippen LogP contribution in [0.2, 0.25) is 0 Å². The van der Waals surface area contributed by atoms with E-state index < -0.39 is 6.10 Å². The van der Waals surface area contributed by atoms with Gasteiger partial charge in [0.2, 0.25) is 0 Å². The average molecular weight is 252 g/mol. The molecule has 2 rings (SSSR count). The van der Waals surface area contributed by atoms with Crippen molar-refractivity contribution in [3.05, 3.63) is 12.4 Å². The maximum absolute atomic E-state index is 11.9. The van der Waals surface area contributed by atoms with Gasteiger partial charge in [-0.05, 0) is 27.2 Å². The minimum absolute atomic E-state index is 0.104. The zero-order valence-corrected chi connectivity index (χ0v) is 11.1. The number of aliphatic hydroxyl groups excluding tert-OH is 1. The molecule has 1 atom stereocenters.